The van der Waals surface area contributed by atoms with Gasteiger partial charge in [-0.1, -0.05) is 24.4 Å². The maximum absolute atomic E-state index is 12.5. The first-order valence-electron chi connectivity index (χ1n) is 6.49. The van der Waals surface area contributed by atoms with Crippen molar-refractivity contribution >= 4 is 23.2 Å². The first kappa shape index (κ1) is 13.2. The number of benzene rings is 1. The van der Waals surface area contributed by atoms with E-state index in [4.69, 9.17) is 17.3 Å². The van der Waals surface area contributed by atoms with E-state index in [9.17, 15) is 4.79 Å². The quantitative estimate of drug-likeness (QED) is 0.853. The number of amides is 1. The number of rotatable bonds is 3. The third-order valence-electron chi connectivity index (χ3n) is 3.61. The number of hydrogen-bond acceptors (Lipinski definition) is 2. The largest absolute Gasteiger partial charge is 0.398 e. The van der Waals surface area contributed by atoms with Crippen molar-refractivity contribution in [3.05, 3.63) is 28.8 Å². The van der Waals surface area contributed by atoms with Gasteiger partial charge >= 0.3 is 0 Å². The van der Waals surface area contributed by atoms with Crippen LogP contribution in [0.15, 0.2) is 18.2 Å². The van der Waals surface area contributed by atoms with Crippen molar-refractivity contribution in [2.24, 2.45) is 0 Å². The first-order chi connectivity index (χ1) is 8.63. The highest BCUT2D eigenvalue weighted by molar-refractivity contribution is 6.31. The summed E-state index contributed by atoms with van der Waals surface area (Å²) in [6.07, 6.45) is 4.63. The summed E-state index contributed by atoms with van der Waals surface area (Å²) >= 11 is 5.86. The molecular formula is C14H19ClN2O. The second kappa shape index (κ2) is 5.61. The molecule has 0 unspecified atom stereocenters. The van der Waals surface area contributed by atoms with Crippen LogP contribution in [0, 0.1) is 0 Å². The molecule has 3 nitrogen and oxygen atoms in total. The Labute approximate surface area is 113 Å². The SMILES string of the molecule is CCN(C(=O)c1ccc(Cl)cc1N)C1CCCC1. The molecule has 1 aliphatic carbocycles. The maximum atomic E-state index is 12.5. The van der Waals surface area contributed by atoms with Gasteiger partial charge in [0.05, 0.1) is 5.56 Å². The number of anilines is 1. The number of hydrogen-bond donors (Lipinski definition) is 1. The van der Waals surface area contributed by atoms with Gasteiger partial charge in [0.15, 0.2) is 0 Å². The average molecular weight is 267 g/mol. The van der Waals surface area contributed by atoms with E-state index in [1.807, 2.05) is 11.8 Å². The minimum absolute atomic E-state index is 0.0265. The van der Waals surface area contributed by atoms with Crippen molar-refractivity contribution in [1.29, 1.82) is 0 Å². The molecular weight excluding hydrogens is 248 g/mol. The molecule has 18 heavy (non-hydrogen) atoms. The van der Waals surface area contributed by atoms with Crippen molar-refractivity contribution < 1.29 is 4.79 Å². The summed E-state index contributed by atoms with van der Waals surface area (Å²) in [7, 11) is 0. The number of carbonyl (C=O) groups excluding carboxylic acids is 1. The van der Waals surface area contributed by atoms with Crippen LogP contribution in [0.4, 0.5) is 5.69 Å². The number of nitrogens with two attached hydrogens (primary N) is 1. The van der Waals surface area contributed by atoms with E-state index < -0.39 is 0 Å². The fraction of sp³-hybridized carbons (Fsp3) is 0.500. The van der Waals surface area contributed by atoms with E-state index in [1.165, 1.54) is 12.8 Å². The molecule has 1 aromatic carbocycles. The van der Waals surface area contributed by atoms with Gasteiger partial charge in [0.25, 0.3) is 5.91 Å². The Balaban J connectivity index is 2.22. The summed E-state index contributed by atoms with van der Waals surface area (Å²) in [5, 5.41) is 0.563. The van der Waals surface area contributed by atoms with Gasteiger partial charge in [-0.2, -0.15) is 0 Å². The third kappa shape index (κ3) is 2.61. The van der Waals surface area contributed by atoms with Crippen LogP contribution in [0.5, 0.6) is 0 Å². The van der Waals surface area contributed by atoms with Crippen LogP contribution in [-0.2, 0) is 0 Å². The van der Waals surface area contributed by atoms with Crippen molar-refractivity contribution in [2.45, 2.75) is 38.6 Å². The summed E-state index contributed by atoms with van der Waals surface area (Å²) in [5.74, 6) is 0.0265. The molecule has 1 amide bonds. The van der Waals surface area contributed by atoms with Crippen molar-refractivity contribution in [2.75, 3.05) is 12.3 Å². The topological polar surface area (TPSA) is 46.3 Å². The van der Waals surface area contributed by atoms with Crippen molar-refractivity contribution in [3.8, 4) is 0 Å². The molecule has 0 aromatic heterocycles. The maximum Gasteiger partial charge on any atom is 0.256 e. The third-order valence-corrected chi connectivity index (χ3v) is 3.85. The molecule has 2 N–H and O–H groups in total. The second-order valence-electron chi connectivity index (χ2n) is 4.76. The van der Waals surface area contributed by atoms with Crippen LogP contribution in [0.2, 0.25) is 5.02 Å². The normalized spacial score (nSPS) is 15.9. The Morgan fingerprint density at radius 3 is 2.67 bits per heavy atom. The highest BCUT2D eigenvalue weighted by atomic mass is 35.5. The predicted molar refractivity (Wildman–Crippen MR) is 74.8 cm³/mol. The lowest BCUT2D eigenvalue weighted by Crippen LogP contribution is -2.38. The van der Waals surface area contributed by atoms with Gasteiger partial charge in [-0.3, -0.25) is 4.79 Å². The Morgan fingerprint density at radius 1 is 1.44 bits per heavy atom. The highest BCUT2D eigenvalue weighted by Crippen LogP contribution is 2.26. The van der Waals surface area contributed by atoms with Crippen LogP contribution in [0.3, 0.4) is 0 Å². The van der Waals surface area contributed by atoms with Gasteiger partial charge < -0.3 is 10.6 Å². The second-order valence-corrected chi connectivity index (χ2v) is 5.20. The zero-order chi connectivity index (χ0) is 13.1. The van der Waals surface area contributed by atoms with Gasteiger partial charge in [0.2, 0.25) is 0 Å². The molecule has 0 saturated heterocycles. The smallest absolute Gasteiger partial charge is 0.256 e. The van der Waals surface area contributed by atoms with Gasteiger partial charge in [-0.25, -0.2) is 0 Å². The molecule has 98 valence electrons. The fourth-order valence-electron chi connectivity index (χ4n) is 2.67. The number of nitrogen functional groups attached to an aromatic ring is 1. The molecule has 0 atom stereocenters. The number of halogens is 1. The summed E-state index contributed by atoms with van der Waals surface area (Å²) in [6.45, 7) is 2.74. The van der Waals surface area contributed by atoms with Gasteiger partial charge in [-0.15, -0.1) is 0 Å². The fourth-order valence-corrected chi connectivity index (χ4v) is 2.85. The van der Waals surface area contributed by atoms with Crippen molar-refractivity contribution in [3.63, 3.8) is 0 Å². The molecule has 1 aromatic rings. The minimum Gasteiger partial charge on any atom is -0.398 e. The van der Waals surface area contributed by atoms with Gasteiger partial charge in [-0.05, 0) is 38.0 Å². The minimum atomic E-state index is 0.0265. The van der Waals surface area contributed by atoms with E-state index in [1.54, 1.807) is 18.2 Å². The lowest BCUT2D eigenvalue weighted by Gasteiger charge is -2.28. The van der Waals surface area contributed by atoms with E-state index in [2.05, 4.69) is 0 Å². The Bertz CT molecular complexity index is 441. The van der Waals surface area contributed by atoms with Crippen LogP contribution in [-0.4, -0.2) is 23.4 Å². The molecule has 1 saturated carbocycles. The lowest BCUT2D eigenvalue weighted by atomic mass is 10.1. The van der Waals surface area contributed by atoms with Gasteiger partial charge in [0.1, 0.15) is 0 Å². The summed E-state index contributed by atoms with van der Waals surface area (Å²) < 4.78 is 0. The predicted octanol–water partition coefficient (Wildman–Crippen LogP) is 3.33. The number of nitrogens with zero attached hydrogens (tertiary/aromatic N) is 1. The molecule has 0 spiro atoms. The Morgan fingerprint density at radius 2 is 2.11 bits per heavy atom. The molecule has 0 radical (unpaired) electrons. The van der Waals surface area contributed by atoms with E-state index in [-0.39, 0.29) is 5.91 Å². The Kier molecular flexibility index (Phi) is 4.12. The molecule has 2 rings (SSSR count). The zero-order valence-corrected chi connectivity index (χ0v) is 11.4. The Hall–Kier alpha value is -1.22. The van der Waals surface area contributed by atoms with E-state index in [0.29, 0.717) is 22.3 Å². The first-order valence-corrected chi connectivity index (χ1v) is 6.87. The van der Waals surface area contributed by atoms with Crippen LogP contribution >= 0.6 is 11.6 Å². The van der Waals surface area contributed by atoms with Crippen LogP contribution < -0.4 is 5.73 Å². The van der Waals surface area contributed by atoms with E-state index >= 15 is 0 Å². The summed E-state index contributed by atoms with van der Waals surface area (Å²) in [5.41, 5.74) is 6.91. The monoisotopic (exact) mass is 266 g/mol. The van der Waals surface area contributed by atoms with Crippen LogP contribution in [0.1, 0.15) is 43.0 Å². The van der Waals surface area contributed by atoms with E-state index in [0.717, 1.165) is 19.4 Å². The summed E-state index contributed by atoms with van der Waals surface area (Å²) in [4.78, 5) is 14.4. The average Bonchev–Trinajstić information content (AvgIpc) is 2.83. The molecule has 0 bridgehead atoms. The number of carbonyl (C=O) groups is 1. The molecule has 0 heterocycles. The van der Waals surface area contributed by atoms with Crippen molar-refractivity contribution in [1.82, 2.24) is 4.90 Å². The molecule has 0 aliphatic heterocycles. The summed E-state index contributed by atoms with van der Waals surface area (Å²) in [6, 6.07) is 5.44. The highest BCUT2D eigenvalue weighted by Gasteiger charge is 2.26. The lowest BCUT2D eigenvalue weighted by molar-refractivity contribution is 0.0694. The van der Waals surface area contributed by atoms with Crippen LogP contribution in [0.25, 0.3) is 0 Å². The molecule has 4 heteroatoms. The standard InChI is InChI=1S/C14H19ClN2O/c1-2-17(11-5-3-4-6-11)14(18)12-8-7-10(15)9-13(12)16/h7-9,11H,2-6,16H2,1H3. The molecule has 1 fully saturated rings. The van der Waals surface area contributed by atoms with Gasteiger partial charge in [0, 0.05) is 23.3 Å². The zero-order valence-electron chi connectivity index (χ0n) is 10.7. The molecule has 1 aliphatic rings.